The highest BCUT2D eigenvalue weighted by atomic mass is 32.2. The van der Waals surface area contributed by atoms with E-state index in [2.05, 4.69) is 15.3 Å². The molecule has 0 radical (unpaired) electrons. The van der Waals surface area contributed by atoms with Gasteiger partial charge in [0.15, 0.2) is 5.16 Å². The molecule has 1 heterocycles. The molecule has 0 fully saturated rings. The van der Waals surface area contributed by atoms with Crippen LogP contribution in [0.1, 0.15) is 33.6 Å². The molecule has 102 valence electrons. The Balaban J connectivity index is 2.36. The third-order valence-corrected chi connectivity index (χ3v) is 3.60. The van der Waals surface area contributed by atoms with Crippen molar-refractivity contribution in [2.24, 2.45) is 0 Å². The van der Waals surface area contributed by atoms with E-state index in [9.17, 15) is 9.90 Å². The van der Waals surface area contributed by atoms with Crippen molar-refractivity contribution in [1.82, 2.24) is 15.3 Å². The Morgan fingerprint density at radius 1 is 1.67 bits per heavy atom. The first-order valence-electron chi connectivity index (χ1n) is 6.07. The van der Waals surface area contributed by atoms with E-state index in [0.29, 0.717) is 6.42 Å². The van der Waals surface area contributed by atoms with Crippen LogP contribution in [0.5, 0.6) is 0 Å². The number of nitrogens with zero attached hydrogens (tertiary/aromatic N) is 1. The summed E-state index contributed by atoms with van der Waals surface area (Å²) >= 11 is 1.61. The highest BCUT2D eigenvalue weighted by Crippen LogP contribution is 2.19. The number of H-pyrrole nitrogens is 1. The first kappa shape index (κ1) is 15.0. The quantitative estimate of drug-likeness (QED) is 0.498. The molecule has 0 aliphatic heterocycles. The first-order valence-corrected chi connectivity index (χ1v) is 7.06. The average molecular weight is 271 g/mol. The molecule has 18 heavy (non-hydrogen) atoms. The Morgan fingerprint density at radius 3 is 2.89 bits per heavy atom. The largest absolute Gasteiger partial charge is 0.480 e. The molecule has 1 rings (SSSR count). The highest BCUT2D eigenvalue weighted by molar-refractivity contribution is 7.99. The van der Waals surface area contributed by atoms with Gasteiger partial charge in [0, 0.05) is 24.2 Å². The van der Waals surface area contributed by atoms with E-state index in [1.807, 2.05) is 13.8 Å². The van der Waals surface area contributed by atoms with Crippen molar-refractivity contribution in [2.45, 2.75) is 50.4 Å². The molecule has 0 saturated carbocycles. The van der Waals surface area contributed by atoms with Crippen molar-refractivity contribution < 1.29 is 9.90 Å². The van der Waals surface area contributed by atoms with Crippen molar-refractivity contribution in [3.8, 4) is 0 Å². The van der Waals surface area contributed by atoms with Crippen molar-refractivity contribution in [3.63, 3.8) is 0 Å². The fourth-order valence-corrected chi connectivity index (χ4v) is 2.57. The lowest BCUT2D eigenvalue weighted by Gasteiger charge is -2.28. The van der Waals surface area contributed by atoms with Gasteiger partial charge in [0.2, 0.25) is 0 Å². The molecule has 1 unspecified atom stereocenters. The summed E-state index contributed by atoms with van der Waals surface area (Å²) < 4.78 is 0. The van der Waals surface area contributed by atoms with Crippen LogP contribution >= 0.6 is 11.8 Å². The highest BCUT2D eigenvalue weighted by Gasteiger charge is 2.32. The number of carboxylic acid groups (broad SMARTS) is 1. The summed E-state index contributed by atoms with van der Waals surface area (Å²) in [6.07, 6.45) is 4.93. The summed E-state index contributed by atoms with van der Waals surface area (Å²) in [5, 5.41) is 13.3. The van der Waals surface area contributed by atoms with E-state index in [1.165, 1.54) is 0 Å². The summed E-state index contributed by atoms with van der Waals surface area (Å²) in [6, 6.07) is 0.156. The van der Waals surface area contributed by atoms with Gasteiger partial charge in [-0.05, 0) is 33.6 Å². The molecule has 0 saturated heterocycles. The van der Waals surface area contributed by atoms with Crippen molar-refractivity contribution in [2.75, 3.05) is 5.75 Å². The number of aromatic nitrogens is 2. The summed E-state index contributed by atoms with van der Waals surface area (Å²) in [4.78, 5) is 18.4. The number of thioether (sulfide) groups is 1. The van der Waals surface area contributed by atoms with E-state index in [-0.39, 0.29) is 6.04 Å². The van der Waals surface area contributed by atoms with Crippen molar-refractivity contribution >= 4 is 17.7 Å². The lowest BCUT2D eigenvalue weighted by Crippen LogP contribution is -2.52. The second kappa shape index (κ2) is 6.80. The number of hydrogen-bond acceptors (Lipinski definition) is 4. The van der Waals surface area contributed by atoms with E-state index in [1.54, 1.807) is 31.1 Å². The summed E-state index contributed by atoms with van der Waals surface area (Å²) in [6.45, 7) is 5.66. The minimum atomic E-state index is -0.849. The van der Waals surface area contributed by atoms with Crippen LogP contribution < -0.4 is 5.32 Å². The van der Waals surface area contributed by atoms with Crippen LogP contribution in [0.4, 0.5) is 0 Å². The van der Waals surface area contributed by atoms with Crippen LogP contribution in [-0.4, -0.2) is 38.4 Å². The number of imidazole rings is 1. The second-order valence-corrected chi connectivity index (χ2v) is 5.87. The van der Waals surface area contributed by atoms with Crippen LogP contribution in [0, 0.1) is 0 Å². The maximum Gasteiger partial charge on any atom is 0.323 e. The normalized spacial score (nSPS) is 14.7. The van der Waals surface area contributed by atoms with Crippen LogP contribution in [0.25, 0.3) is 0 Å². The number of aromatic amines is 1. The third kappa shape index (κ3) is 4.70. The third-order valence-electron chi connectivity index (χ3n) is 2.61. The SMILES string of the molecule is CC(C)NC(C)(CCCSc1ncc[nH]1)C(=O)O. The molecular formula is C12H21N3O2S. The number of carboxylic acids is 1. The molecule has 0 amide bonds. The summed E-state index contributed by atoms with van der Waals surface area (Å²) in [7, 11) is 0. The average Bonchev–Trinajstić information content (AvgIpc) is 2.76. The van der Waals surface area contributed by atoms with Crippen molar-refractivity contribution in [1.29, 1.82) is 0 Å². The molecule has 0 bridgehead atoms. The van der Waals surface area contributed by atoms with Gasteiger partial charge in [-0.1, -0.05) is 11.8 Å². The topological polar surface area (TPSA) is 78.0 Å². The smallest absolute Gasteiger partial charge is 0.323 e. The van der Waals surface area contributed by atoms with Gasteiger partial charge in [-0.2, -0.15) is 0 Å². The minimum absolute atomic E-state index is 0.156. The maximum atomic E-state index is 11.3. The molecule has 3 N–H and O–H groups in total. The molecule has 5 nitrogen and oxygen atoms in total. The molecule has 6 heteroatoms. The fraction of sp³-hybridized carbons (Fsp3) is 0.667. The standard InChI is InChI=1S/C12H21N3O2S/c1-9(2)15-12(3,10(16)17)5-4-8-18-11-13-6-7-14-11/h6-7,9,15H,4-5,8H2,1-3H3,(H,13,14)(H,16,17). The first-order chi connectivity index (χ1) is 8.44. The lowest BCUT2D eigenvalue weighted by molar-refractivity contribution is -0.144. The van der Waals surface area contributed by atoms with Gasteiger partial charge in [-0.3, -0.25) is 10.1 Å². The van der Waals surface area contributed by atoms with E-state index in [0.717, 1.165) is 17.3 Å². The molecule has 0 aromatic carbocycles. The number of hydrogen-bond donors (Lipinski definition) is 3. The van der Waals surface area contributed by atoms with Crippen LogP contribution in [0.3, 0.4) is 0 Å². The predicted molar refractivity (Wildman–Crippen MR) is 72.9 cm³/mol. The Hall–Kier alpha value is -1.01. The molecular weight excluding hydrogens is 250 g/mol. The van der Waals surface area contributed by atoms with E-state index >= 15 is 0 Å². The van der Waals surface area contributed by atoms with Gasteiger partial charge < -0.3 is 10.1 Å². The maximum absolute atomic E-state index is 11.3. The summed E-state index contributed by atoms with van der Waals surface area (Å²) in [5.41, 5.74) is -0.849. The van der Waals surface area contributed by atoms with Crippen LogP contribution in [0.15, 0.2) is 17.6 Å². The minimum Gasteiger partial charge on any atom is -0.480 e. The van der Waals surface area contributed by atoms with Gasteiger partial charge >= 0.3 is 5.97 Å². The Bertz CT molecular complexity index is 367. The lowest BCUT2D eigenvalue weighted by atomic mass is 9.95. The van der Waals surface area contributed by atoms with Gasteiger partial charge in [-0.25, -0.2) is 4.98 Å². The Labute approximate surface area is 112 Å². The molecule has 0 aliphatic rings. The Kier molecular flexibility index (Phi) is 5.68. The van der Waals surface area contributed by atoms with Gasteiger partial charge in [-0.15, -0.1) is 0 Å². The zero-order valence-corrected chi connectivity index (χ0v) is 11.9. The van der Waals surface area contributed by atoms with Gasteiger partial charge in [0.1, 0.15) is 5.54 Å². The predicted octanol–water partition coefficient (Wildman–Crippen LogP) is 2.12. The zero-order chi connectivity index (χ0) is 13.6. The Morgan fingerprint density at radius 2 is 2.39 bits per heavy atom. The van der Waals surface area contributed by atoms with Crippen LogP contribution in [0.2, 0.25) is 0 Å². The fourth-order valence-electron chi connectivity index (χ4n) is 1.80. The summed E-state index contributed by atoms with van der Waals surface area (Å²) in [5.74, 6) is 0.0649. The second-order valence-electron chi connectivity index (χ2n) is 4.78. The van der Waals surface area contributed by atoms with Gasteiger partial charge in [0.25, 0.3) is 0 Å². The number of carbonyl (C=O) groups is 1. The number of nitrogens with one attached hydrogen (secondary N) is 2. The van der Waals surface area contributed by atoms with Gasteiger partial charge in [0.05, 0.1) is 0 Å². The van der Waals surface area contributed by atoms with Crippen LogP contribution in [-0.2, 0) is 4.79 Å². The molecule has 1 aromatic rings. The molecule has 0 spiro atoms. The monoisotopic (exact) mass is 271 g/mol. The molecule has 1 aromatic heterocycles. The van der Waals surface area contributed by atoms with E-state index < -0.39 is 11.5 Å². The van der Waals surface area contributed by atoms with E-state index in [4.69, 9.17) is 0 Å². The molecule has 0 aliphatic carbocycles. The number of rotatable bonds is 8. The number of aliphatic carboxylic acids is 1. The molecule has 1 atom stereocenters. The van der Waals surface area contributed by atoms with Crippen molar-refractivity contribution in [3.05, 3.63) is 12.4 Å². The zero-order valence-electron chi connectivity index (χ0n) is 11.1.